The first-order chi connectivity index (χ1) is 12.1. The number of likely N-dealkylation sites (tertiary alicyclic amines) is 1. The molecule has 1 saturated heterocycles. The monoisotopic (exact) mass is 344 g/mol. The summed E-state index contributed by atoms with van der Waals surface area (Å²) >= 11 is 0. The van der Waals surface area contributed by atoms with E-state index >= 15 is 0 Å². The fraction of sp³-hybridized carbons (Fsp3) is 0.474. The molecule has 2 aliphatic rings. The second-order valence-corrected chi connectivity index (χ2v) is 6.67. The van der Waals surface area contributed by atoms with Crippen LogP contribution in [0.2, 0.25) is 0 Å². The molecule has 2 aliphatic heterocycles. The van der Waals surface area contributed by atoms with Gasteiger partial charge in [0.1, 0.15) is 0 Å². The predicted octanol–water partition coefficient (Wildman–Crippen LogP) is 2.08. The van der Waals surface area contributed by atoms with E-state index in [4.69, 9.17) is 4.84 Å². The number of ketones is 1. The van der Waals surface area contributed by atoms with E-state index in [0.717, 1.165) is 13.1 Å². The van der Waals surface area contributed by atoms with Crippen molar-refractivity contribution < 1.29 is 19.5 Å². The van der Waals surface area contributed by atoms with E-state index in [9.17, 15) is 14.7 Å². The minimum absolute atomic E-state index is 0.0947. The number of carbonyl (C=O) groups is 2. The summed E-state index contributed by atoms with van der Waals surface area (Å²) in [6, 6.07) is 8.74. The van der Waals surface area contributed by atoms with E-state index in [-0.39, 0.29) is 17.5 Å². The van der Waals surface area contributed by atoms with Crippen LogP contribution in [-0.4, -0.2) is 41.4 Å². The lowest BCUT2D eigenvalue weighted by atomic mass is 9.89. The molecule has 2 N–H and O–H groups in total. The molecular formula is C19H24N2O4. The molecule has 6 heteroatoms. The Morgan fingerprint density at radius 1 is 1.28 bits per heavy atom. The Balaban J connectivity index is 1.82. The van der Waals surface area contributed by atoms with Gasteiger partial charge in [0.05, 0.1) is 0 Å². The number of hydrogen-bond donors (Lipinski definition) is 2. The number of hydroxylamine groups is 1. The van der Waals surface area contributed by atoms with Crippen LogP contribution in [0.5, 0.6) is 0 Å². The van der Waals surface area contributed by atoms with Crippen molar-refractivity contribution in [3.05, 3.63) is 47.7 Å². The van der Waals surface area contributed by atoms with Crippen molar-refractivity contribution >= 4 is 11.8 Å². The Bertz CT molecular complexity index is 667. The molecule has 134 valence electrons. The Hall–Kier alpha value is -2.18. The van der Waals surface area contributed by atoms with Gasteiger partial charge in [-0.3, -0.25) is 4.79 Å². The maximum Gasteiger partial charge on any atom is 0.336 e. The summed E-state index contributed by atoms with van der Waals surface area (Å²) in [6.07, 6.45) is 4.43. The lowest BCUT2D eigenvalue weighted by Crippen LogP contribution is -2.43. The zero-order valence-electron chi connectivity index (χ0n) is 14.4. The summed E-state index contributed by atoms with van der Waals surface area (Å²) in [5.74, 6) is -1.33. The fourth-order valence-corrected chi connectivity index (χ4v) is 3.46. The van der Waals surface area contributed by atoms with Crippen molar-refractivity contribution in [1.82, 2.24) is 10.4 Å². The van der Waals surface area contributed by atoms with Gasteiger partial charge in [0.25, 0.3) is 0 Å². The number of carboxylic acids is 1. The third-order valence-electron chi connectivity index (χ3n) is 5.02. The van der Waals surface area contributed by atoms with Crippen molar-refractivity contribution in [3.8, 4) is 0 Å². The molecule has 3 rings (SSSR count). The molecule has 0 saturated carbocycles. The molecular weight excluding hydrogens is 320 g/mol. The lowest BCUT2D eigenvalue weighted by Gasteiger charge is -2.21. The summed E-state index contributed by atoms with van der Waals surface area (Å²) in [7, 11) is 0. The molecule has 1 fully saturated rings. The molecule has 0 aromatic heterocycles. The maximum absolute atomic E-state index is 12.9. The lowest BCUT2D eigenvalue weighted by molar-refractivity contribution is -0.147. The van der Waals surface area contributed by atoms with Crippen molar-refractivity contribution in [2.45, 2.75) is 31.7 Å². The summed E-state index contributed by atoms with van der Waals surface area (Å²) in [5.41, 5.74) is 1.56. The van der Waals surface area contributed by atoms with E-state index in [1.807, 2.05) is 13.0 Å². The van der Waals surface area contributed by atoms with E-state index in [1.54, 1.807) is 24.3 Å². The zero-order valence-corrected chi connectivity index (χ0v) is 14.4. The van der Waals surface area contributed by atoms with E-state index in [1.165, 1.54) is 18.9 Å². The third-order valence-corrected chi connectivity index (χ3v) is 5.02. The van der Waals surface area contributed by atoms with Crippen molar-refractivity contribution in [3.63, 3.8) is 0 Å². The van der Waals surface area contributed by atoms with Crippen molar-refractivity contribution in [2.75, 3.05) is 19.6 Å². The number of allylic oxidation sites excluding steroid dienone is 1. The molecule has 6 nitrogen and oxygen atoms in total. The predicted molar refractivity (Wildman–Crippen MR) is 92.5 cm³/mol. The van der Waals surface area contributed by atoms with Crippen LogP contribution in [0.4, 0.5) is 0 Å². The average molecular weight is 344 g/mol. The highest BCUT2D eigenvalue weighted by Gasteiger charge is 2.46. The van der Waals surface area contributed by atoms with Gasteiger partial charge in [-0.05, 0) is 37.9 Å². The topological polar surface area (TPSA) is 78.9 Å². The minimum atomic E-state index is -1.53. The molecule has 0 radical (unpaired) electrons. The van der Waals surface area contributed by atoms with Crippen LogP contribution in [-0.2, 0) is 20.0 Å². The van der Waals surface area contributed by atoms with Gasteiger partial charge in [-0.2, -0.15) is 0 Å². The summed E-state index contributed by atoms with van der Waals surface area (Å²) in [6.45, 7) is 4.71. The Morgan fingerprint density at radius 3 is 2.56 bits per heavy atom. The molecule has 0 bridgehead atoms. The SMILES string of the molecule is CCC(CN1CCCC1)C(=O)C1=CC(C(=O)O)(c2ccccc2)NO1. The second-order valence-electron chi connectivity index (χ2n) is 6.67. The number of nitrogens with one attached hydrogen (secondary N) is 1. The number of benzene rings is 1. The largest absolute Gasteiger partial charge is 0.479 e. The molecule has 2 atom stereocenters. The Morgan fingerprint density at radius 2 is 1.96 bits per heavy atom. The Labute approximate surface area is 147 Å². The van der Waals surface area contributed by atoms with Crippen LogP contribution in [0, 0.1) is 5.92 Å². The maximum atomic E-state index is 12.9. The van der Waals surface area contributed by atoms with Crippen molar-refractivity contribution in [1.29, 1.82) is 0 Å². The first-order valence-electron chi connectivity index (χ1n) is 8.79. The van der Waals surface area contributed by atoms with Crippen LogP contribution >= 0.6 is 0 Å². The molecule has 0 amide bonds. The number of hydrogen-bond acceptors (Lipinski definition) is 5. The molecule has 1 aromatic carbocycles. The summed E-state index contributed by atoms with van der Waals surface area (Å²) in [4.78, 5) is 32.4. The van der Waals surface area contributed by atoms with Crippen LogP contribution in [0.15, 0.2) is 42.2 Å². The number of carbonyl (C=O) groups excluding carboxylic acids is 1. The van der Waals surface area contributed by atoms with Gasteiger partial charge in [0.15, 0.2) is 11.3 Å². The molecule has 2 unspecified atom stereocenters. The number of Topliss-reactive ketones (excluding diaryl/α,β-unsaturated/α-hetero) is 1. The molecule has 25 heavy (non-hydrogen) atoms. The molecule has 1 aromatic rings. The fourth-order valence-electron chi connectivity index (χ4n) is 3.46. The number of aliphatic carboxylic acids is 1. The summed E-state index contributed by atoms with van der Waals surface area (Å²) < 4.78 is 0. The van der Waals surface area contributed by atoms with Gasteiger partial charge in [0.2, 0.25) is 5.78 Å². The van der Waals surface area contributed by atoms with Crippen molar-refractivity contribution in [2.24, 2.45) is 5.92 Å². The first kappa shape index (κ1) is 17.6. The van der Waals surface area contributed by atoms with E-state index in [2.05, 4.69) is 10.4 Å². The van der Waals surface area contributed by atoms with Crippen LogP contribution in [0.25, 0.3) is 0 Å². The van der Waals surface area contributed by atoms with Gasteiger partial charge in [0, 0.05) is 18.5 Å². The number of nitrogens with zero attached hydrogens (tertiary/aromatic N) is 1. The third kappa shape index (κ3) is 3.45. The quantitative estimate of drug-likeness (QED) is 0.788. The summed E-state index contributed by atoms with van der Waals surface area (Å²) in [5, 5.41) is 9.74. The molecule has 0 aliphatic carbocycles. The number of rotatable bonds is 7. The standard InChI is InChI=1S/C19H24N2O4/c1-2-14(13-21-10-6-7-11-21)17(22)16-12-19(18(23)24,20-25-16)15-8-4-3-5-9-15/h3-5,8-9,12,14,20H,2,6-7,10-11,13H2,1H3,(H,23,24). The average Bonchev–Trinajstić information content (AvgIpc) is 3.30. The van der Waals surface area contributed by atoms with Crippen LogP contribution in [0.1, 0.15) is 31.7 Å². The molecule has 0 spiro atoms. The van der Waals surface area contributed by atoms with Crippen LogP contribution < -0.4 is 5.48 Å². The van der Waals surface area contributed by atoms with Gasteiger partial charge in [-0.15, -0.1) is 5.48 Å². The molecule has 2 heterocycles. The number of carboxylic acid groups (broad SMARTS) is 1. The van der Waals surface area contributed by atoms with Gasteiger partial charge >= 0.3 is 5.97 Å². The van der Waals surface area contributed by atoms with Gasteiger partial charge in [-0.1, -0.05) is 37.3 Å². The highest BCUT2D eigenvalue weighted by Crippen LogP contribution is 2.31. The smallest absolute Gasteiger partial charge is 0.336 e. The second kappa shape index (κ2) is 7.37. The zero-order chi connectivity index (χ0) is 17.9. The van der Waals surface area contributed by atoms with E-state index in [0.29, 0.717) is 18.5 Å². The normalized spacial score (nSPS) is 24.6. The minimum Gasteiger partial charge on any atom is -0.479 e. The van der Waals surface area contributed by atoms with E-state index < -0.39 is 11.5 Å². The highest BCUT2D eigenvalue weighted by molar-refractivity contribution is 5.98. The van der Waals surface area contributed by atoms with Gasteiger partial charge < -0.3 is 14.8 Å². The van der Waals surface area contributed by atoms with Crippen LogP contribution in [0.3, 0.4) is 0 Å². The first-order valence-corrected chi connectivity index (χ1v) is 8.79. The highest BCUT2D eigenvalue weighted by atomic mass is 16.7. The van der Waals surface area contributed by atoms with Gasteiger partial charge in [-0.25, -0.2) is 4.79 Å². The Kier molecular flexibility index (Phi) is 5.20.